The molecule has 1 unspecified atom stereocenters. The highest BCUT2D eigenvalue weighted by Crippen LogP contribution is 2.43. The van der Waals surface area contributed by atoms with E-state index in [2.05, 4.69) is 30.9 Å². The van der Waals surface area contributed by atoms with E-state index in [1.165, 1.54) is 0 Å². The van der Waals surface area contributed by atoms with Gasteiger partial charge in [0.25, 0.3) is 0 Å². The van der Waals surface area contributed by atoms with E-state index >= 15 is 0 Å². The predicted octanol–water partition coefficient (Wildman–Crippen LogP) is 2.85. The molecule has 3 atom stereocenters. The van der Waals surface area contributed by atoms with E-state index in [0.29, 0.717) is 17.6 Å². The molecule has 2 N–H and O–H groups in total. The molecule has 0 aromatic carbocycles. The number of fused-ring (bicyclic) bond motifs is 5. The lowest BCUT2D eigenvalue weighted by Gasteiger charge is -2.40. The SMILES string of the molecule is N#Cc1ccnc(N2[C@@H]3CC[C@H]2CC(n2c(=O)[nH]c4cnc5[nH]ccc5c42)C3)c1. The first-order valence-corrected chi connectivity index (χ1v) is 9.93. The number of piperidine rings is 1. The van der Waals surface area contributed by atoms with Crippen LogP contribution in [0.4, 0.5) is 5.82 Å². The van der Waals surface area contributed by atoms with Crippen LogP contribution in [0.2, 0.25) is 0 Å². The number of pyridine rings is 2. The van der Waals surface area contributed by atoms with Gasteiger partial charge in [0.05, 0.1) is 28.9 Å². The maximum Gasteiger partial charge on any atom is 0.326 e. The quantitative estimate of drug-likeness (QED) is 0.552. The van der Waals surface area contributed by atoms with Crippen LogP contribution >= 0.6 is 0 Å². The van der Waals surface area contributed by atoms with E-state index in [4.69, 9.17) is 0 Å². The van der Waals surface area contributed by atoms with Gasteiger partial charge in [-0.3, -0.25) is 4.57 Å². The van der Waals surface area contributed by atoms with Crippen LogP contribution in [0.25, 0.3) is 22.1 Å². The maximum atomic E-state index is 12.9. The fourth-order valence-corrected chi connectivity index (χ4v) is 5.33. The molecule has 144 valence electrons. The largest absolute Gasteiger partial charge is 0.350 e. The molecule has 0 aliphatic carbocycles. The van der Waals surface area contributed by atoms with Crippen LogP contribution in [0.15, 0.2) is 41.6 Å². The Bertz CT molecular complexity index is 1330. The second-order valence-electron chi connectivity index (χ2n) is 7.99. The number of rotatable bonds is 2. The normalized spacial score (nSPS) is 23.7. The average Bonchev–Trinajstić information content (AvgIpc) is 3.41. The third-order valence-corrected chi connectivity index (χ3v) is 6.47. The molecule has 0 spiro atoms. The van der Waals surface area contributed by atoms with Crippen LogP contribution in [-0.4, -0.2) is 36.6 Å². The van der Waals surface area contributed by atoms with E-state index in [1.54, 1.807) is 18.5 Å². The van der Waals surface area contributed by atoms with Gasteiger partial charge < -0.3 is 14.9 Å². The Labute approximate surface area is 165 Å². The smallest absolute Gasteiger partial charge is 0.326 e. The van der Waals surface area contributed by atoms with Crippen molar-refractivity contribution in [2.45, 2.75) is 43.8 Å². The molecule has 2 saturated heterocycles. The Morgan fingerprint density at radius 3 is 2.76 bits per heavy atom. The summed E-state index contributed by atoms with van der Waals surface area (Å²) in [6, 6.07) is 8.57. The summed E-state index contributed by atoms with van der Waals surface area (Å²) in [5.74, 6) is 0.874. The Kier molecular flexibility index (Phi) is 3.36. The van der Waals surface area contributed by atoms with Crippen molar-refractivity contribution in [3.05, 3.63) is 52.8 Å². The van der Waals surface area contributed by atoms with Gasteiger partial charge in [-0.05, 0) is 43.9 Å². The molecular weight excluding hydrogens is 366 g/mol. The minimum atomic E-state index is -0.0713. The Morgan fingerprint density at radius 2 is 1.97 bits per heavy atom. The number of H-pyrrole nitrogens is 2. The average molecular weight is 385 g/mol. The van der Waals surface area contributed by atoms with Crippen LogP contribution in [0.5, 0.6) is 0 Å². The van der Waals surface area contributed by atoms with Crippen LogP contribution in [0.1, 0.15) is 37.3 Å². The highest BCUT2D eigenvalue weighted by molar-refractivity contribution is 6.00. The summed E-state index contributed by atoms with van der Waals surface area (Å²) in [5.41, 5.74) is 3.07. The third kappa shape index (κ3) is 2.34. The molecule has 8 nitrogen and oxygen atoms in total. The number of imidazole rings is 1. The number of aromatic nitrogens is 5. The van der Waals surface area contributed by atoms with Crippen LogP contribution in [0.3, 0.4) is 0 Å². The molecule has 8 heteroatoms. The van der Waals surface area contributed by atoms with Crippen LogP contribution in [0, 0.1) is 11.3 Å². The van der Waals surface area contributed by atoms with Crippen molar-refractivity contribution in [3.8, 4) is 6.07 Å². The Hall–Kier alpha value is -3.60. The second-order valence-corrected chi connectivity index (χ2v) is 7.99. The molecule has 2 aliphatic heterocycles. The lowest BCUT2D eigenvalue weighted by atomic mass is 9.96. The zero-order valence-electron chi connectivity index (χ0n) is 15.7. The van der Waals surface area contributed by atoms with Gasteiger partial charge in [-0.2, -0.15) is 5.26 Å². The summed E-state index contributed by atoms with van der Waals surface area (Å²) in [6.07, 6.45) is 9.23. The highest BCUT2D eigenvalue weighted by Gasteiger charge is 2.42. The van der Waals surface area contributed by atoms with Gasteiger partial charge in [-0.1, -0.05) is 0 Å². The van der Waals surface area contributed by atoms with Gasteiger partial charge in [0.2, 0.25) is 0 Å². The predicted molar refractivity (Wildman–Crippen MR) is 109 cm³/mol. The molecule has 6 rings (SSSR count). The minimum absolute atomic E-state index is 0.0713. The van der Waals surface area contributed by atoms with Crippen molar-refractivity contribution in [3.63, 3.8) is 0 Å². The lowest BCUT2D eigenvalue weighted by Crippen LogP contribution is -2.45. The lowest BCUT2D eigenvalue weighted by molar-refractivity contribution is 0.335. The van der Waals surface area contributed by atoms with Crippen LogP contribution in [-0.2, 0) is 0 Å². The highest BCUT2D eigenvalue weighted by atomic mass is 16.1. The number of nitriles is 1. The molecule has 0 saturated carbocycles. The molecule has 2 bridgehead atoms. The van der Waals surface area contributed by atoms with E-state index < -0.39 is 0 Å². The number of nitrogens with one attached hydrogen (secondary N) is 2. The van der Waals surface area contributed by atoms with Gasteiger partial charge in [0.1, 0.15) is 11.5 Å². The number of hydrogen-bond acceptors (Lipinski definition) is 5. The molecule has 0 amide bonds. The first kappa shape index (κ1) is 16.4. The topological polar surface area (TPSA) is 106 Å². The summed E-state index contributed by atoms with van der Waals surface area (Å²) >= 11 is 0. The molecule has 2 aliphatic rings. The summed E-state index contributed by atoms with van der Waals surface area (Å²) in [5, 5.41) is 10.2. The van der Waals surface area contributed by atoms with Gasteiger partial charge in [-0.25, -0.2) is 14.8 Å². The van der Waals surface area contributed by atoms with Crippen molar-refractivity contribution in [1.82, 2.24) is 24.5 Å². The number of aromatic amines is 2. The summed E-state index contributed by atoms with van der Waals surface area (Å²) < 4.78 is 1.94. The molecule has 2 fully saturated rings. The van der Waals surface area contributed by atoms with E-state index in [9.17, 15) is 10.1 Å². The fourth-order valence-electron chi connectivity index (χ4n) is 5.33. The van der Waals surface area contributed by atoms with Crippen molar-refractivity contribution in [1.29, 1.82) is 5.26 Å². The van der Waals surface area contributed by atoms with Crippen molar-refractivity contribution < 1.29 is 0 Å². The zero-order valence-corrected chi connectivity index (χ0v) is 15.7. The second kappa shape index (κ2) is 5.95. The van der Waals surface area contributed by atoms with Crippen molar-refractivity contribution >= 4 is 27.9 Å². The molecule has 4 aromatic heterocycles. The van der Waals surface area contributed by atoms with E-state index in [1.807, 2.05) is 22.9 Å². The molecule has 0 radical (unpaired) electrons. The maximum absolute atomic E-state index is 12.9. The van der Waals surface area contributed by atoms with Crippen molar-refractivity contribution in [2.24, 2.45) is 0 Å². The number of hydrogen-bond donors (Lipinski definition) is 2. The number of nitrogens with zero attached hydrogens (tertiary/aromatic N) is 5. The summed E-state index contributed by atoms with van der Waals surface area (Å²) in [4.78, 5) is 30.3. The first-order valence-electron chi connectivity index (χ1n) is 9.93. The Balaban J connectivity index is 1.41. The molecule has 4 aromatic rings. The van der Waals surface area contributed by atoms with Gasteiger partial charge in [0.15, 0.2) is 0 Å². The minimum Gasteiger partial charge on any atom is -0.350 e. The number of anilines is 1. The molecule has 6 heterocycles. The summed E-state index contributed by atoms with van der Waals surface area (Å²) in [6.45, 7) is 0. The van der Waals surface area contributed by atoms with Gasteiger partial charge in [-0.15, -0.1) is 0 Å². The summed E-state index contributed by atoms with van der Waals surface area (Å²) in [7, 11) is 0. The Morgan fingerprint density at radius 1 is 1.14 bits per heavy atom. The van der Waals surface area contributed by atoms with Crippen molar-refractivity contribution in [2.75, 3.05) is 4.90 Å². The monoisotopic (exact) mass is 385 g/mol. The van der Waals surface area contributed by atoms with E-state index in [0.717, 1.165) is 53.6 Å². The van der Waals surface area contributed by atoms with Crippen LogP contribution < -0.4 is 10.6 Å². The molecular formula is C21H19N7O. The molecule has 29 heavy (non-hydrogen) atoms. The van der Waals surface area contributed by atoms with Gasteiger partial charge in [0, 0.05) is 35.9 Å². The third-order valence-electron chi connectivity index (χ3n) is 6.47. The van der Waals surface area contributed by atoms with Gasteiger partial charge >= 0.3 is 5.69 Å². The first-order chi connectivity index (χ1) is 14.2. The zero-order chi connectivity index (χ0) is 19.5. The standard InChI is InChI=1S/C21H19N7O/c22-10-12-3-5-23-18(7-12)27-13-1-2-14(27)9-15(8-13)28-19-16-4-6-24-20(16)25-11-17(19)26-21(28)29/h3-7,11,13-15H,1-2,8-9H2,(H,24,25)(H,26,29)/t13-,14+,15?. The fraction of sp³-hybridized carbons (Fsp3) is 0.333. The van der Waals surface area contributed by atoms with E-state index in [-0.39, 0.29) is 11.7 Å².